The topological polar surface area (TPSA) is 118 Å². The summed E-state index contributed by atoms with van der Waals surface area (Å²) < 4.78 is 18.6. The molecule has 0 aliphatic heterocycles. The smallest absolute Gasteiger partial charge is 0.257 e. The lowest BCUT2D eigenvalue weighted by atomic mass is 10.1. The number of carbonyl (C=O) groups is 2. The Morgan fingerprint density at radius 2 is 1.81 bits per heavy atom. The van der Waals surface area contributed by atoms with Crippen LogP contribution in [-0.2, 0) is 11.8 Å². The van der Waals surface area contributed by atoms with Crippen molar-refractivity contribution in [2.75, 3.05) is 19.0 Å². The number of primary amides is 1. The third kappa shape index (κ3) is 5.83. The van der Waals surface area contributed by atoms with Crippen LogP contribution in [-0.4, -0.2) is 41.4 Å². The van der Waals surface area contributed by atoms with Gasteiger partial charge < -0.3 is 25.3 Å². The number of hydrogen-bond acceptors (Lipinski definition) is 6. The molecule has 3 rings (SSSR count). The number of nitrogens with two attached hydrogens (primary N) is 1. The van der Waals surface area contributed by atoms with Crippen LogP contribution < -0.4 is 20.5 Å². The van der Waals surface area contributed by atoms with Gasteiger partial charge in [0, 0.05) is 37.5 Å². The van der Waals surface area contributed by atoms with Crippen LogP contribution in [0.3, 0.4) is 0 Å². The van der Waals surface area contributed by atoms with E-state index in [2.05, 4.69) is 10.4 Å². The fourth-order valence-corrected chi connectivity index (χ4v) is 2.80. The summed E-state index contributed by atoms with van der Waals surface area (Å²) in [6.07, 6.45) is 1.49. The van der Waals surface area contributed by atoms with Gasteiger partial charge in [-0.25, -0.2) is 0 Å². The summed E-state index contributed by atoms with van der Waals surface area (Å²) in [4.78, 5) is 23.9. The first kappa shape index (κ1) is 21.8. The first-order valence-corrected chi connectivity index (χ1v) is 9.54. The number of aromatic nitrogens is 2. The predicted octanol–water partition coefficient (Wildman–Crippen LogP) is 2.98. The van der Waals surface area contributed by atoms with Crippen LogP contribution in [0, 0.1) is 0 Å². The number of nitrogens with zero attached hydrogens (tertiary/aromatic N) is 2. The Balaban J connectivity index is 1.87. The van der Waals surface area contributed by atoms with Crippen molar-refractivity contribution >= 4 is 17.6 Å². The van der Waals surface area contributed by atoms with Crippen LogP contribution in [0.4, 0.5) is 5.82 Å². The molecule has 9 nitrogen and oxygen atoms in total. The van der Waals surface area contributed by atoms with Crippen molar-refractivity contribution in [3.8, 4) is 17.2 Å². The van der Waals surface area contributed by atoms with E-state index in [0.717, 1.165) is 0 Å². The molecule has 31 heavy (non-hydrogen) atoms. The van der Waals surface area contributed by atoms with E-state index in [0.29, 0.717) is 40.8 Å². The van der Waals surface area contributed by atoms with Crippen LogP contribution in [0.25, 0.3) is 0 Å². The van der Waals surface area contributed by atoms with Crippen LogP contribution in [0.5, 0.6) is 17.2 Å². The molecule has 3 aromatic rings. The molecule has 2 amide bonds. The van der Waals surface area contributed by atoms with Gasteiger partial charge in [-0.1, -0.05) is 0 Å². The highest BCUT2D eigenvalue weighted by Crippen LogP contribution is 2.34. The minimum absolute atomic E-state index is 0.238. The molecular formula is C22H24N4O5. The van der Waals surface area contributed by atoms with Crippen molar-refractivity contribution in [1.29, 1.82) is 0 Å². The second-order valence-corrected chi connectivity index (χ2v) is 6.86. The Morgan fingerprint density at radius 3 is 2.42 bits per heavy atom. The summed E-state index contributed by atoms with van der Waals surface area (Å²) in [7, 11) is 3.35. The summed E-state index contributed by atoms with van der Waals surface area (Å²) in [5, 5.41) is 6.88. The van der Waals surface area contributed by atoms with Crippen molar-refractivity contribution in [2.45, 2.75) is 13.0 Å². The van der Waals surface area contributed by atoms with Gasteiger partial charge in [0.05, 0.1) is 6.61 Å². The van der Waals surface area contributed by atoms with Crippen molar-refractivity contribution < 1.29 is 23.8 Å². The third-order valence-corrected chi connectivity index (χ3v) is 4.26. The normalized spacial score (nSPS) is 11.6. The average Bonchev–Trinajstić information content (AvgIpc) is 3.14. The van der Waals surface area contributed by atoms with Crippen LogP contribution in [0.15, 0.2) is 54.7 Å². The highest BCUT2D eigenvalue weighted by molar-refractivity contribution is 6.04. The monoisotopic (exact) mass is 424 g/mol. The lowest BCUT2D eigenvalue weighted by molar-refractivity contribution is 0.0903. The van der Waals surface area contributed by atoms with E-state index < -0.39 is 5.91 Å². The zero-order chi connectivity index (χ0) is 22.4. The summed E-state index contributed by atoms with van der Waals surface area (Å²) in [6, 6.07) is 12.9. The molecule has 0 radical (unpaired) electrons. The van der Waals surface area contributed by atoms with E-state index >= 15 is 0 Å². The molecule has 0 bridgehead atoms. The number of anilines is 1. The van der Waals surface area contributed by atoms with Gasteiger partial charge in [0.25, 0.3) is 5.91 Å². The van der Waals surface area contributed by atoms with Gasteiger partial charge in [0.15, 0.2) is 17.3 Å². The zero-order valence-corrected chi connectivity index (χ0v) is 17.5. The molecular weight excluding hydrogens is 400 g/mol. The number of methoxy groups -OCH3 is 1. The first-order chi connectivity index (χ1) is 14.9. The largest absolute Gasteiger partial charge is 0.484 e. The van der Waals surface area contributed by atoms with Gasteiger partial charge in [-0.15, -0.1) is 0 Å². The molecule has 0 spiro atoms. The fraction of sp³-hybridized carbons (Fsp3) is 0.227. The molecule has 2 aromatic carbocycles. The number of benzene rings is 2. The maximum absolute atomic E-state index is 12.7. The summed E-state index contributed by atoms with van der Waals surface area (Å²) in [6.45, 7) is 2.24. The van der Waals surface area contributed by atoms with Gasteiger partial charge in [0.2, 0.25) is 5.91 Å². The lowest BCUT2D eigenvalue weighted by Gasteiger charge is -2.18. The van der Waals surface area contributed by atoms with E-state index in [-0.39, 0.29) is 12.0 Å². The van der Waals surface area contributed by atoms with Crippen LogP contribution in [0.1, 0.15) is 27.6 Å². The molecule has 1 heterocycles. The Labute approximate surface area is 179 Å². The van der Waals surface area contributed by atoms with E-state index in [4.69, 9.17) is 19.9 Å². The number of amides is 2. The molecule has 0 saturated heterocycles. The minimum atomic E-state index is -0.530. The van der Waals surface area contributed by atoms with Crippen LogP contribution >= 0.6 is 0 Å². The molecule has 1 unspecified atom stereocenters. The van der Waals surface area contributed by atoms with E-state index in [9.17, 15) is 9.59 Å². The molecule has 0 saturated carbocycles. The maximum Gasteiger partial charge on any atom is 0.257 e. The van der Waals surface area contributed by atoms with Gasteiger partial charge in [-0.3, -0.25) is 14.3 Å². The quantitative estimate of drug-likeness (QED) is 0.545. The van der Waals surface area contributed by atoms with Gasteiger partial charge in [0.1, 0.15) is 11.9 Å². The van der Waals surface area contributed by atoms with Gasteiger partial charge in [-0.05, 0) is 49.4 Å². The summed E-state index contributed by atoms with van der Waals surface area (Å²) >= 11 is 0. The second kappa shape index (κ2) is 9.77. The average molecular weight is 424 g/mol. The number of ether oxygens (including phenoxy) is 3. The Morgan fingerprint density at radius 1 is 1.10 bits per heavy atom. The number of rotatable bonds is 9. The van der Waals surface area contributed by atoms with Gasteiger partial charge in [-0.2, -0.15) is 5.10 Å². The van der Waals surface area contributed by atoms with Crippen molar-refractivity contribution in [2.24, 2.45) is 12.8 Å². The predicted molar refractivity (Wildman–Crippen MR) is 115 cm³/mol. The molecule has 162 valence electrons. The lowest BCUT2D eigenvalue weighted by Crippen LogP contribution is -2.18. The van der Waals surface area contributed by atoms with E-state index in [1.165, 1.54) is 0 Å². The van der Waals surface area contributed by atoms with Crippen molar-refractivity contribution in [1.82, 2.24) is 9.78 Å². The van der Waals surface area contributed by atoms with Gasteiger partial charge >= 0.3 is 0 Å². The Hall–Kier alpha value is -3.85. The Kier molecular flexibility index (Phi) is 6.88. The highest BCUT2D eigenvalue weighted by Gasteiger charge is 2.16. The fourth-order valence-electron chi connectivity index (χ4n) is 2.80. The van der Waals surface area contributed by atoms with E-state index in [1.54, 1.807) is 73.6 Å². The molecule has 0 aliphatic rings. The number of aryl methyl sites for hydroxylation is 1. The third-order valence-electron chi connectivity index (χ3n) is 4.26. The minimum Gasteiger partial charge on any atom is -0.484 e. The molecule has 9 heteroatoms. The standard InChI is InChI=1S/C22H24N4O5/c1-14(13-29-3)30-18-9-6-16(22(28)24-20-10-11-26(2)25-20)12-19(18)31-17-7-4-15(5-8-17)21(23)27/h4-12,14H,13H2,1-3H3,(H2,23,27)(H,24,25,28). The number of hydrogen-bond donors (Lipinski definition) is 2. The Bertz CT molecular complexity index is 1060. The number of nitrogens with one attached hydrogen (secondary N) is 1. The molecule has 0 fully saturated rings. The zero-order valence-electron chi connectivity index (χ0n) is 17.5. The molecule has 1 atom stereocenters. The maximum atomic E-state index is 12.7. The summed E-state index contributed by atoms with van der Waals surface area (Å²) in [5.74, 6) is 0.796. The molecule has 0 aliphatic carbocycles. The first-order valence-electron chi connectivity index (χ1n) is 9.54. The van der Waals surface area contributed by atoms with Crippen LogP contribution in [0.2, 0.25) is 0 Å². The number of carbonyl (C=O) groups excluding carboxylic acids is 2. The van der Waals surface area contributed by atoms with Crippen molar-refractivity contribution in [3.63, 3.8) is 0 Å². The highest BCUT2D eigenvalue weighted by atomic mass is 16.5. The molecule has 1 aromatic heterocycles. The van der Waals surface area contributed by atoms with E-state index in [1.807, 2.05) is 6.92 Å². The SMILES string of the molecule is COCC(C)Oc1ccc(C(=O)Nc2ccn(C)n2)cc1Oc1ccc(C(N)=O)cc1. The summed E-state index contributed by atoms with van der Waals surface area (Å²) in [5.41, 5.74) is 6.00. The second-order valence-electron chi connectivity index (χ2n) is 6.86. The molecule has 3 N–H and O–H groups in total. The van der Waals surface area contributed by atoms with Crippen molar-refractivity contribution in [3.05, 3.63) is 65.9 Å².